The van der Waals surface area contributed by atoms with Crippen molar-refractivity contribution in [2.24, 2.45) is 0 Å². The number of para-hydroxylation sites is 1. The number of benzene rings is 1. The van der Waals surface area contributed by atoms with E-state index < -0.39 is 0 Å². The van der Waals surface area contributed by atoms with Gasteiger partial charge in [0.25, 0.3) is 0 Å². The molecule has 1 aliphatic rings. The Morgan fingerprint density at radius 2 is 1.92 bits per heavy atom. The van der Waals surface area contributed by atoms with E-state index in [4.69, 9.17) is 0 Å². The Kier molecular flexibility index (Phi) is 5.34. The molecule has 1 atom stereocenters. The molecule has 0 saturated carbocycles. The van der Waals surface area contributed by atoms with Crippen LogP contribution >= 0.6 is 11.3 Å². The summed E-state index contributed by atoms with van der Waals surface area (Å²) in [6.45, 7) is 8.68. The van der Waals surface area contributed by atoms with Crippen LogP contribution < -0.4 is 10.2 Å². The molecule has 0 spiro atoms. The standard InChI is InChI=1S/C18H23FN4OS/c1-12-14(3)25-18(20-12)21-17(24)13(2)22-8-10-23(11-9-22)16-7-5-4-6-15(16)19/h4-7,13H,8-11H2,1-3H3,(H,20,21,24)/t13-/m1/s1. The molecule has 134 valence electrons. The third-order valence-electron chi connectivity index (χ3n) is 4.69. The quantitative estimate of drug-likeness (QED) is 0.908. The first-order chi connectivity index (χ1) is 12.0. The molecule has 7 heteroatoms. The lowest BCUT2D eigenvalue weighted by Gasteiger charge is -2.38. The van der Waals surface area contributed by atoms with E-state index in [1.54, 1.807) is 12.1 Å². The Labute approximate surface area is 151 Å². The second-order valence-corrected chi connectivity index (χ2v) is 7.50. The van der Waals surface area contributed by atoms with Crippen molar-refractivity contribution >= 4 is 28.1 Å². The minimum absolute atomic E-state index is 0.0481. The summed E-state index contributed by atoms with van der Waals surface area (Å²) in [4.78, 5) is 22.1. The van der Waals surface area contributed by atoms with Gasteiger partial charge in [-0.05, 0) is 32.9 Å². The van der Waals surface area contributed by atoms with Crippen LogP contribution in [-0.2, 0) is 4.79 Å². The van der Waals surface area contributed by atoms with Gasteiger partial charge in [0.05, 0.1) is 17.4 Å². The number of anilines is 2. The third kappa shape index (κ3) is 3.99. The van der Waals surface area contributed by atoms with Crippen LogP contribution in [0.15, 0.2) is 24.3 Å². The number of carbonyl (C=O) groups is 1. The largest absolute Gasteiger partial charge is 0.367 e. The summed E-state index contributed by atoms with van der Waals surface area (Å²) in [6.07, 6.45) is 0. The molecule has 1 amide bonds. The minimum atomic E-state index is -0.243. The number of halogens is 1. The van der Waals surface area contributed by atoms with E-state index >= 15 is 0 Å². The number of rotatable bonds is 4. The molecule has 1 saturated heterocycles. The Hall–Kier alpha value is -1.99. The highest BCUT2D eigenvalue weighted by atomic mass is 32.1. The van der Waals surface area contributed by atoms with Crippen molar-refractivity contribution < 1.29 is 9.18 Å². The number of amides is 1. The topological polar surface area (TPSA) is 48.5 Å². The van der Waals surface area contributed by atoms with Gasteiger partial charge in [-0.3, -0.25) is 9.69 Å². The Balaban J connectivity index is 1.56. The van der Waals surface area contributed by atoms with Gasteiger partial charge >= 0.3 is 0 Å². The van der Waals surface area contributed by atoms with Gasteiger partial charge in [0.15, 0.2) is 5.13 Å². The number of hydrogen-bond donors (Lipinski definition) is 1. The van der Waals surface area contributed by atoms with E-state index in [1.165, 1.54) is 17.4 Å². The molecule has 0 radical (unpaired) electrons. The number of nitrogens with one attached hydrogen (secondary N) is 1. The number of thiazole rings is 1. The summed E-state index contributed by atoms with van der Waals surface area (Å²) in [5.74, 6) is -0.246. The number of aryl methyl sites for hydroxylation is 2. The first-order valence-corrected chi connectivity index (χ1v) is 9.26. The maximum Gasteiger partial charge on any atom is 0.243 e. The SMILES string of the molecule is Cc1nc(NC(=O)[C@@H](C)N2CCN(c3ccccc3F)CC2)sc1C. The first kappa shape index (κ1) is 17.8. The van der Waals surface area contributed by atoms with Crippen molar-refractivity contribution in [1.29, 1.82) is 0 Å². The molecule has 3 rings (SSSR count). The second-order valence-electron chi connectivity index (χ2n) is 6.30. The number of carbonyl (C=O) groups excluding carboxylic acids is 1. The molecule has 2 aromatic rings. The fourth-order valence-electron chi connectivity index (χ4n) is 2.96. The fourth-order valence-corrected chi connectivity index (χ4v) is 3.78. The second kappa shape index (κ2) is 7.49. The smallest absolute Gasteiger partial charge is 0.243 e. The van der Waals surface area contributed by atoms with Crippen molar-refractivity contribution in [3.8, 4) is 0 Å². The van der Waals surface area contributed by atoms with Crippen LogP contribution in [0.3, 0.4) is 0 Å². The van der Waals surface area contributed by atoms with Crippen molar-refractivity contribution in [2.45, 2.75) is 26.8 Å². The minimum Gasteiger partial charge on any atom is -0.367 e. The van der Waals surface area contributed by atoms with Gasteiger partial charge in [0, 0.05) is 31.1 Å². The zero-order chi connectivity index (χ0) is 18.0. The number of piperazine rings is 1. The van der Waals surface area contributed by atoms with Crippen LogP contribution in [0.5, 0.6) is 0 Å². The molecule has 0 bridgehead atoms. The van der Waals surface area contributed by atoms with E-state index in [-0.39, 0.29) is 17.8 Å². The summed E-state index contributed by atoms with van der Waals surface area (Å²) in [5.41, 5.74) is 1.58. The summed E-state index contributed by atoms with van der Waals surface area (Å²) in [7, 11) is 0. The molecule has 1 fully saturated rings. The Morgan fingerprint density at radius 1 is 1.24 bits per heavy atom. The van der Waals surface area contributed by atoms with E-state index in [0.717, 1.165) is 23.7 Å². The summed E-state index contributed by atoms with van der Waals surface area (Å²) >= 11 is 1.49. The van der Waals surface area contributed by atoms with Crippen LogP contribution in [0.4, 0.5) is 15.2 Å². The lowest BCUT2D eigenvalue weighted by Crippen LogP contribution is -2.53. The predicted octanol–water partition coefficient (Wildman–Crippen LogP) is 3.05. The van der Waals surface area contributed by atoms with Crippen LogP contribution in [0, 0.1) is 19.7 Å². The third-order valence-corrected chi connectivity index (χ3v) is 5.68. The first-order valence-electron chi connectivity index (χ1n) is 8.44. The zero-order valence-corrected chi connectivity index (χ0v) is 15.6. The maximum atomic E-state index is 13.9. The van der Waals surface area contributed by atoms with Crippen molar-refractivity contribution in [3.63, 3.8) is 0 Å². The Morgan fingerprint density at radius 3 is 2.52 bits per heavy atom. The van der Waals surface area contributed by atoms with Gasteiger partial charge in [0.2, 0.25) is 5.91 Å². The number of hydrogen-bond acceptors (Lipinski definition) is 5. The highest BCUT2D eigenvalue weighted by molar-refractivity contribution is 7.15. The van der Waals surface area contributed by atoms with Gasteiger partial charge in [-0.25, -0.2) is 9.37 Å². The van der Waals surface area contributed by atoms with Gasteiger partial charge < -0.3 is 10.2 Å². The summed E-state index contributed by atoms with van der Waals surface area (Å²) in [6, 6.07) is 6.58. The van der Waals surface area contributed by atoms with Crippen molar-refractivity contribution in [3.05, 3.63) is 40.7 Å². The number of nitrogens with zero attached hydrogens (tertiary/aromatic N) is 3. The lowest BCUT2D eigenvalue weighted by molar-refractivity contribution is -0.120. The van der Waals surface area contributed by atoms with Crippen LogP contribution in [0.1, 0.15) is 17.5 Å². The number of aromatic nitrogens is 1. The monoisotopic (exact) mass is 362 g/mol. The molecule has 1 N–H and O–H groups in total. The molecule has 1 aromatic heterocycles. The molecular formula is C18H23FN4OS. The van der Waals surface area contributed by atoms with Crippen molar-refractivity contribution in [2.75, 3.05) is 36.4 Å². The predicted molar refractivity (Wildman–Crippen MR) is 99.9 cm³/mol. The fraction of sp³-hybridized carbons (Fsp3) is 0.444. The molecule has 0 aliphatic carbocycles. The average Bonchev–Trinajstić information content (AvgIpc) is 2.92. The van der Waals surface area contributed by atoms with E-state index in [9.17, 15) is 9.18 Å². The molecule has 1 aliphatic heterocycles. The molecule has 2 heterocycles. The average molecular weight is 362 g/mol. The van der Waals surface area contributed by atoms with E-state index in [2.05, 4.69) is 15.2 Å². The molecule has 25 heavy (non-hydrogen) atoms. The molecular weight excluding hydrogens is 339 g/mol. The van der Waals surface area contributed by atoms with Crippen LogP contribution in [0.25, 0.3) is 0 Å². The summed E-state index contributed by atoms with van der Waals surface area (Å²) < 4.78 is 13.9. The normalized spacial score (nSPS) is 16.7. The molecule has 1 aromatic carbocycles. The highest BCUT2D eigenvalue weighted by Gasteiger charge is 2.27. The van der Waals surface area contributed by atoms with Crippen molar-refractivity contribution in [1.82, 2.24) is 9.88 Å². The van der Waals surface area contributed by atoms with Crippen LogP contribution in [-0.4, -0.2) is 48.0 Å². The van der Waals surface area contributed by atoms with E-state index in [1.807, 2.05) is 31.7 Å². The van der Waals surface area contributed by atoms with Gasteiger partial charge in [0.1, 0.15) is 5.82 Å². The maximum absolute atomic E-state index is 13.9. The Bertz CT molecular complexity index is 736. The molecule has 0 unspecified atom stereocenters. The van der Waals surface area contributed by atoms with E-state index in [0.29, 0.717) is 23.9 Å². The summed E-state index contributed by atoms with van der Waals surface area (Å²) in [5, 5.41) is 3.56. The van der Waals surface area contributed by atoms with Gasteiger partial charge in [-0.2, -0.15) is 0 Å². The van der Waals surface area contributed by atoms with Gasteiger partial charge in [-0.15, -0.1) is 11.3 Å². The molecule has 5 nitrogen and oxygen atoms in total. The zero-order valence-electron chi connectivity index (χ0n) is 14.8. The van der Waals surface area contributed by atoms with Crippen LogP contribution in [0.2, 0.25) is 0 Å². The van der Waals surface area contributed by atoms with Gasteiger partial charge in [-0.1, -0.05) is 12.1 Å². The highest BCUT2D eigenvalue weighted by Crippen LogP contribution is 2.23. The lowest BCUT2D eigenvalue weighted by atomic mass is 10.2.